The zero-order valence-electron chi connectivity index (χ0n) is 22.8. The van der Waals surface area contributed by atoms with E-state index >= 15 is 0 Å². The number of ether oxygens (including phenoxy) is 1. The molecule has 0 atom stereocenters. The van der Waals surface area contributed by atoms with Gasteiger partial charge in [-0.3, -0.25) is 4.79 Å². The Morgan fingerprint density at radius 2 is 1.62 bits per heavy atom. The fourth-order valence-electron chi connectivity index (χ4n) is 4.64. The molecular formula is C28H33F2N5O4S. The molecule has 2 fully saturated rings. The maximum Gasteiger partial charge on any atom is 0.316 e. The van der Waals surface area contributed by atoms with Gasteiger partial charge in [0.05, 0.1) is 24.2 Å². The summed E-state index contributed by atoms with van der Waals surface area (Å²) in [4.78, 5) is 17.3. The summed E-state index contributed by atoms with van der Waals surface area (Å²) in [6.45, 7) is 3.49. The minimum Gasteiger partial charge on any atom is -0.486 e. The highest BCUT2D eigenvalue weighted by Gasteiger charge is 2.39. The van der Waals surface area contributed by atoms with Gasteiger partial charge < -0.3 is 14.5 Å². The summed E-state index contributed by atoms with van der Waals surface area (Å²) in [5.41, 5.74) is 1.41. The van der Waals surface area contributed by atoms with Gasteiger partial charge in [0, 0.05) is 57.4 Å². The number of rotatable bonds is 9. The van der Waals surface area contributed by atoms with Gasteiger partial charge in [0.15, 0.2) is 0 Å². The van der Waals surface area contributed by atoms with Crippen LogP contribution in [0.4, 0.5) is 20.2 Å². The molecular weight excluding hydrogens is 540 g/mol. The van der Waals surface area contributed by atoms with Gasteiger partial charge >= 0.3 is 5.56 Å². The van der Waals surface area contributed by atoms with Gasteiger partial charge in [0.25, 0.3) is 0 Å². The molecule has 1 saturated carbocycles. The number of benzene rings is 2. The number of nitrogens with zero attached hydrogens (tertiary/aromatic N) is 5. The highest BCUT2D eigenvalue weighted by Crippen LogP contribution is 2.45. The molecule has 12 heteroatoms. The second-order valence-corrected chi connectivity index (χ2v) is 13.0. The molecule has 2 aromatic carbocycles. The average molecular weight is 574 g/mol. The van der Waals surface area contributed by atoms with E-state index in [1.807, 2.05) is 48.2 Å². The molecule has 2 aliphatic rings. The maximum absolute atomic E-state index is 13.9. The van der Waals surface area contributed by atoms with Crippen LogP contribution in [0.1, 0.15) is 25.3 Å². The van der Waals surface area contributed by atoms with Crippen molar-refractivity contribution in [1.82, 2.24) is 14.1 Å². The van der Waals surface area contributed by atoms with Crippen LogP contribution in [0.25, 0.3) is 5.69 Å². The number of halogens is 2. The van der Waals surface area contributed by atoms with E-state index in [2.05, 4.69) is 12.0 Å². The third-order valence-corrected chi connectivity index (χ3v) is 9.30. The predicted molar refractivity (Wildman–Crippen MR) is 150 cm³/mol. The van der Waals surface area contributed by atoms with Crippen molar-refractivity contribution in [3.05, 3.63) is 76.2 Å². The lowest BCUT2D eigenvalue weighted by Gasteiger charge is -2.35. The quantitative estimate of drug-likeness (QED) is 0.388. The summed E-state index contributed by atoms with van der Waals surface area (Å²) in [5.74, 6) is -1.72. The normalized spacial score (nSPS) is 17.1. The van der Waals surface area contributed by atoms with Crippen molar-refractivity contribution in [2.75, 3.05) is 56.7 Å². The molecule has 1 aliphatic heterocycles. The Labute approximate surface area is 232 Å². The summed E-state index contributed by atoms with van der Waals surface area (Å²) in [5, 5.41) is 4.18. The van der Waals surface area contributed by atoms with Gasteiger partial charge in [-0.1, -0.05) is 19.1 Å². The third kappa shape index (κ3) is 6.12. The molecule has 40 heavy (non-hydrogen) atoms. The SMILES string of the molecule is CN(C)c1ccc(CS(=O)(=O)N2CCN(c3cnn(-c4cc(F)cc(F)c4)c(=O)c3OCC3(C)CC3)CC2)cc1. The molecule has 9 nitrogen and oxygen atoms in total. The van der Waals surface area contributed by atoms with Crippen LogP contribution in [0.3, 0.4) is 0 Å². The molecule has 0 amide bonds. The molecule has 0 unspecified atom stereocenters. The lowest BCUT2D eigenvalue weighted by molar-refractivity contribution is 0.242. The van der Waals surface area contributed by atoms with Gasteiger partial charge in [0.1, 0.15) is 17.3 Å². The first-order chi connectivity index (χ1) is 18.9. The standard InChI is InChI=1S/C28H33F2N5O4S/c1-28(8-9-28)19-39-26-25(17-31-35(27(26)36)24-15-21(29)14-22(30)16-24)33-10-12-34(13-11-33)40(37,38)18-20-4-6-23(7-5-20)32(2)3/h4-7,14-17H,8-13,18-19H2,1-3H3. The Balaban J connectivity index is 1.35. The number of hydrogen-bond acceptors (Lipinski definition) is 7. The first-order valence-corrected chi connectivity index (χ1v) is 14.8. The third-order valence-electron chi connectivity index (χ3n) is 7.45. The second kappa shape index (κ2) is 10.8. The number of aromatic nitrogens is 2. The van der Waals surface area contributed by atoms with Crippen molar-refractivity contribution >= 4 is 21.4 Å². The lowest BCUT2D eigenvalue weighted by Crippen LogP contribution is -2.49. The molecule has 1 saturated heterocycles. The average Bonchev–Trinajstić information content (AvgIpc) is 3.64. The van der Waals surface area contributed by atoms with Crippen LogP contribution >= 0.6 is 0 Å². The summed E-state index contributed by atoms with van der Waals surface area (Å²) in [6.07, 6.45) is 3.39. The monoisotopic (exact) mass is 573 g/mol. The van der Waals surface area contributed by atoms with Crippen LogP contribution in [0.5, 0.6) is 5.75 Å². The molecule has 1 aromatic heterocycles. The Morgan fingerprint density at radius 1 is 1.00 bits per heavy atom. The number of anilines is 2. The Kier molecular flexibility index (Phi) is 7.58. The Morgan fingerprint density at radius 3 is 2.20 bits per heavy atom. The van der Waals surface area contributed by atoms with E-state index in [0.29, 0.717) is 30.9 Å². The van der Waals surface area contributed by atoms with Gasteiger partial charge in [-0.2, -0.15) is 14.1 Å². The second-order valence-electron chi connectivity index (χ2n) is 11.0. The van der Waals surface area contributed by atoms with Gasteiger partial charge in [-0.25, -0.2) is 17.2 Å². The van der Waals surface area contributed by atoms with Gasteiger partial charge in [-0.15, -0.1) is 0 Å². The largest absolute Gasteiger partial charge is 0.486 e. The minimum atomic E-state index is -3.56. The van der Waals surface area contributed by atoms with Gasteiger partial charge in [-0.05, 0) is 42.7 Å². The van der Waals surface area contributed by atoms with E-state index in [-0.39, 0.29) is 35.7 Å². The van der Waals surface area contributed by atoms with Gasteiger partial charge in [0.2, 0.25) is 15.8 Å². The summed E-state index contributed by atoms with van der Waals surface area (Å²) in [6, 6.07) is 10.2. The topological polar surface area (TPSA) is 88.0 Å². The zero-order chi connectivity index (χ0) is 28.7. The number of hydrogen-bond donors (Lipinski definition) is 0. The smallest absolute Gasteiger partial charge is 0.316 e. The van der Waals surface area contributed by atoms with E-state index < -0.39 is 27.2 Å². The van der Waals surface area contributed by atoms with E-state index in [9.17, 15) is 22.0 Å². The minimum absolute atomic E-state index is 0.0275. The first-order valence-electron chi connectivity index (χ1n) is 13.1. The predicted octanol–water partition coefficient (Wildman–Crippen LogP) is 3.41. The van der Waals surface area contributed by atoms with Crippen LogP contribution in [0, 0.1) is 17.0 Å². The van der Waals surface area contributed by atoms with E-state index in [0.717, 1.165) is 41.4 Å². The zero-order valence-corrected chi connectivity index (χ0v) is 23.6. The number of piperazine rings is 1. The Bertz CT molecular complexity index is 1530. The highest BCUT2D eigenvalue weighted by molar-refractivity contribution is 7.88. The van der Waals surface area contributed by atoms with Crippen molar-refractivity contribution in [2.45, 2.75) is 25.5 Å². The van der Waals surface area contributed by atoms with Crippen LogP contribution in [-0.4, -0.2) is 69.4 Å². The summed E-state index contributed by atoms with van der Waals surface area (Å²) >= 11 is 0. The van der Waals surface area contributed by atoms with Crippen LogP contribution in [0.15, 0.2) is 53.5 Å². The Hall–Kier alpha value is -3.51. The molecule has 0 bridgehead atoms. The molecule has 0 N–H and O–H groups in total. The highest BCUT2D eigenvalue weighted by atomic mass is 32.2. The molecule has 0 spiro atoms. The van der Waals surface area contributed by atoms with Crippen LogP contribution < -0.4 is 20.1 Å². The summed E-state index contributed by atoms with van der Waals surface area (Å²) in [7, 11) is 0.290. The first kappa shape index (κ1) is 28.0. The van der Waals surface area contributed by atoms with Crippen LogP contribution in [-0.2, 0) is 15.8 Å². The van der Waals surface area contributed by atoms with E-state index in [4.69, 9.17) is 4.74 Å². The van der Waals surface area contributed by atoms with Crippen molar-refractivity contribution in [1.29, 1.82) is 0 Å². The molecule has 0 radical (unpaired) electrons. The van der Waals surface area contributed by atoms with E-state index in [1.54, 1.807) is 0 Å². The fourth-order valence-corrected chi connectivity index (χ4v) is 6.16. The molecule has 3 aromatic rings. The molecule has 5 rings (SSSR count). The number of sulfonamides is 1. The molecule has 2 heterocycles. The van der Waals surface area contributed by atoms with Crippen molar-refractivity contribution in [3.63, 3.8) is 0 Å². The summed E-state index contributed by atoms with van der Waals surface area (Å²) < 4.78 is 62.5. The fraction of sp³-hybridized carbons (Fsp3) is 0.429. The lowest BCUT2D eigenvalue weighted by atomic mass is 10.2. The van der Waals surface area contributed by atoms with Crippen molar-refractivity contribution < 1.29 is 21.9 Å². The van der Waals surface area contributed by atoms with E-state index in [1.165, 1.54) is 10.5 Å². The van der Waals surface area contributed by atoms with Crippen molar-refractivity contribution in [3.8, 4) is 11.4 Å². The van der Waals surface area contributed by atoms with Crippen molar-refractivity contribution in [2.24, 2.45) is 5.41 Å². The maximum atomic E-state index is 13.9. The molecule has 214 valence electrons. The van der Waals surface area contributed by atoms with Crippen LogP contribution in [0.2, 0.25) is 0 Å². The molecule has 1 aliphatic carbocycles.